The lowest BCUT2D eigenvalue weighted by Crippen LogP contribution is -2.33. The van der Waals surface area contributed by atoms with E-state index in [-0.39, 0.29) is 17.1 Å². The maximum Gasteiger partial charge on any atom is 0.280 e. The van der Waals surface area contributed by atoms with Gasteiger partial charge in [0.2, 0.25) is 18.3 Å². The lowest BCUT2D eigenvalue weighted by atomic mass is 10.1. The number of aliphatic hydroxyl groups is 3. The predicted octanol–water partition coefficient (Wildman–Crippen LogP) is -2.62. The van der Waals surface area contributed by atoms with Crippen LogP contribution in [0.5, 0.6) is 0 Å². The Morgan fingerprint density at radius 3 is 2.60 bits per heavy atom. The Hall–Kier alpha value is -3.46. The van der Waals surface area contributed by atoms with E-state index in [0.717, 1.165) is 0 Å². The van der Waals surface area contributed by atoms with Gasteiger partial charge in [-0.2, -0.15) is 4.98 Å². The number of rotatable bonds is 4. The average Bonchev–Trinajstić information content (AvgIpc) is 3.29. The van der Waals surface area contributed by atoms with Crippen LogP contribution in [0.2, 0.25) is 0 Å². The minimum Gasteiger partial charge on any atom is -0.394 e. The summed E-state index contributed by atoms with van der Waals surface area (Å²) < 4.78 is 6.64. The van der Waals surface area contributed by atoms with Crippen molar-refractivity contribution in [2.45, 2.75) is 24.5 Å². The number of nitrogens with one attached hydrogen (secondary N) is 1. The van der Waals surface area contributed by atoms with E-state index in [0.29, 0.717) is 12.4 Å². The number of carbonyl (C=O) groups is 1. The summed E-state index contributed by atoms with van der Waals surface area (Å²) in [5.41, 5.74) is 5.12. The number of ether oxygens (including phenoxy) is 1. The summed E-state index contributed by atoms with van der Waals surface area (Å²) in [6, 6.07) is 1.70. The van der Waals surface area contributed by atoms with Crippen LogP contribution in [0.25, 0.3) is 11.2 Å². The maximum atomic E-state index is 11.7. The molecule has 3 aromatic heterocycles. The Labute approximate surface area is 168 Å². The molecule has 0 aliphatic carbocycles. The van der Waals surface area contributed by atoms with Gasteiger partial charge in [0.25, 0.3) is 5.56 Å². The topological polar surface area (TPSA) is 206 Å². The number of carbonyl (C=O) groups excluding carboxylic acids is 1. The fourth-order valence-electron chi connectivity index (χ4n) is 2.76. The number of nitrogens with two attached hydrogens (primary N) is 1. The van der Waals surface area contributed by atoms with Crippen molar-refractivity contribution < 1.29 is 24.9 Å². The van der Waals surface area contributed by atoms with Crippen molar-refractivity contribution in [3.63, 3.8) is 0 Å². The fraction of sp³-hybridized carbons (Fsp3) is 0.375. The molecule has 0 bridgehead atoms. The molecule has 1 aliphatic rings. The highest BCUT2D eigenvalue weighted by molar-refractivity contribution is 5.70. The Kier molecular flexibility index (Phi) is 6.31. The summed E-state index contributed by atoms with van der Waals surface area (Å²) in [6.45, 7) is -0.447. The van der Waals surface area contributed by atoms with Crippen LogP contribution in [0.4, 0.5) is 11.9 Å². The smallest absolute Gasteiger partial charge is 0.280 e. The maximum absolute atomic E-state index is 11.7. The third-order valence-electron chi connectivity index (χ3n) is 4.27. The highest BCUT2D eigenvalue weighted by Crippen LogP contribution is 2.30. The van der Waals surface area contributed by atoms with Gasteiger partial charge < -0.3 is 25.8 Å². The number of hydrogen-bond donors (Lipinski definition) is 5. The van der Waals surface area contributed by atoms with Gasteiger partial charge in [-0.05, 0) is 6.07 Å². The molecule has 0 aromatic carbocycles. The predicted molar refractivity (Wildman–Crippen MR) is 102 cm³/mol. The van der Waals surface area contributed by atoms with Crippen molar-refractivity contribution in [1.29, 1.82) is 0 Å². The number of amides is 1. The van der Waals surface area contributed by atoms with Crippen LogP contribution in [0.1, 0.15) is 6.23 Å². The van der Waals surface area contributed by atoms with Crippen LogP contribution in [-0.2, 0) is 9.53 Å². The average molecular weight is 420 g/mol. The van der Waals surface area contributed by atoms with Crippen molar-refractivity contribution in [2.75, 3.05) is 24.3 Å². The van der Waals surface area contributed by atoms with E-state index in [2.05, 4.69) is 24.9 Å². The SMILES string of the molecule is CN(C=O)c1ncccn1.Nc1nc2c(ncn2[C@@H]2O[C@H](CO)[C@@H](O)[C@H]2O)c(=O)[nH]1. The molecule has 0 radical (unpaired) electrons. The molecule has 3 aromatic rings. The molecule has 1 aliphatic heterocycles. The van der Waals surface area contributed by atoms with E-state index in [1.165, 1.54) is 15.8 Å². The molecule has 14 heteroatoms. The zero-order chi connectivity index (χ0) is 21.8. The lowest BCUT2D eigenvalue weighted by Gasteiger charge is -2.16. The molecule has 0 unspecified atom stereocenters. The Morgan fingerprint density at radius 2 is 2.00 bits per heavy atom. The zero-order valence-electron chi connectivity index (χ0n) is 15.7. The minimum atomic E-state index is -1.29. The third-order valence-corrected chi connectivity index (χ3v) is 4.27. The first-order valence-corrected chi connectivity index (χ1v) is 8.67. The van der Waals surface area contributed by atoms with Crippen molar-refractivity contribution in [1.82, 2.24) is 29.5 Å². The zero-order valence-corrected chi connectivity index (χ0v) is 15.7. The van der Waals surface area contributed by atoms with Gasteiger partial charge >= 0.3 is 0 Å². The summed E-state index contributed by atoms with van der Waals surface area (Å²) in [6.07, 6.45) is 0.619. The van der Waals surface area contributed by atoms with Gasteiger partial charge in [-0.3, -0.25) is 24.0 Å². The molecule has 1 amide bonds. The number of imidazole rings is 1. The van der Waals surface area contributed by atoms with Crippen LogP contribution in [0, 0.1) is 0 Å². The number of aromatic amines is 1. The van der Waals surface area contributed by atoms with E-state index in [4.69, 9.17) is 15.6 Å². The van der Waals surface area contributed by atoms with Gasteiger partial charge in [0, 0.05) is 19.4 Å². The second-order valence-electron chi connectivity index (χ2n) is 6.27. The molecule has 6 N–H and O–H groups in total. The van der Waals surface area contributed by atoms with Crippen LogP contribution in [0.3, 0.4) is 0 Å². The van der Waals surface area contributed by atoms with Gasteiger partial charge in [0.15, 0.2) is 17.4 Å². The minimum absolute atomic E-state index is 0.0388. The molecule has 1 fully saturated rings. The Balaban J connectivity index is 0.000000216. The number of nitrogens with zero attached hydrogens (tertiary/aromatic N) is 6. The van der Waals surface area contributed by atoms with E-state index in [9.17, 15) is 19.8 Å². The van der Waals surface area contributed by atoms with E-state index >= 15 is 0 Å². The van der Waals surface area contributed by atoms with Gasteiger partial charge in [-0.25, -0.2) is 15.0 Å². The highest BCUT2D eigenvalue weighted by Gasteiger charge is 2.44. The van der Waals surface area contributed by atoms with Crippen LogP contribution in [-0.4, -0.2) is 83.2 Å². The number of aliphatic hydroxyl groups excluding tert-OH is 3. The number of hydrogen-bond acceptors (Lipinski definition) is 11. The van der Waals surface area contributed by atoms with Gasteiger partial charge in [0.05, 0.1) is 12.9 Å². The Morgan fingerprint density at radius 1 is 1.30 bits per heavy atom. The van der Waals surface area contributed by atoms with Crippen LogP contribution < -0.4 is 16.2 Å². The molecule has 4 rings (SSSR count). The second kappa shape index (κ2) is 8.91. The van der Waals surface area contributed by atoms with Crippen molar-refractivity contribution in [2.24, 2.45) is 0 Å². The fourth-order valence-corrected chi connectivity index (χ4v) is 2.76. The molecule has 0 saturated carbocycles. The van der Waals surface area contributed by atoms with Crippen molar-refractivity contribution >= 4 is 29.5 Å². The molecule has 4 atom stereocenters. The lowest BCUT2D eigenvalue weighted by molar-refractivity contribution is -0.107. The number of H-pyrrole nitrogens is 1. The largest absolute Gasteiger partial charge is 0.394 e. The van der Waals surface area contributed by atoms with Crippen LogP contribution in [0.15, 0.2) is 29.6 Å². The van der Waals surface area contributed by atoms with E-state index < -0.39 is 36.7 Å². The van der Waals surface area contributed by atoms with Crippen LogP contribution >= 0.6 is 0 Å². The van der Waals surface area contributed by atoms with Crippen molar-refractivity contribution in [3.05, 3.63) is 35.1 Å². The molecule has 14 nitrogen and oxygen atoms in total. The number of nitrogen functional groups attached to an aromatic ring is 1. The molecule has 0 spiro atoms. The summed E-state index contributed by atoms with van der Waals surface area (Å²) in [4.78, 5) is 40.9. The highest BCUT2D eigenvalue weighted by atomic mass is 16.6. The Bertz CT molecular complexity index is 1060. The summed E-state index contributed by atoms with van der Waals surface area (Å²) in [5, 5.41) is 28.7. The molecule has 160 valence electrons. The summed E-state index contributed by atoms with van der Waals surface area (Å²) >= 11 is 0. The van der Waals surface area contributed by atoms with Gasteiger partial charge in [0.1, 0.15) is 18.3 Å². The molecule has 4 heterocycles. The van der Waals surface area contributed by atoms with E-state index in [1.54, 1.807) is 25.5 Å². The van der Waals surface area contributed by atoms with Gasteiger partial charge in [-0.1, -0.05) is 0 Å². The number of anilines is 2. The molecular formula is C16H20N8O6. The quantitative estimate of drug-likeness (QED) is 0.276. The first-order chi connectivity index (χ1) is 14.4. The molecule has 30 heavy (non-hydrogen) atoms. The van der Waals surface area contributed by atoms with Crippen molar-refractivity contribution in [3.8, 4) is 0 Å². The second-order valence-corrected chi connectivity index (χ2v) is 6.27. The number of aromatic nitrogens is 6. The number of fused-ring (bicyclic) bond motifs is 1. The summed E-state index contributed by atoms with van der Waals surface area (Å²) in [7, 11) is 1.60. The molecular weight excluding hydrogens is 400 g/mol. The third kappa shape index (κ3) is 4.11. The molecule has 1 saturated heterocycles. The normalized spacial score (nSPS) is 23.1. The summed E-state index contributed by atoms with van der Waals surface area (Å²) in [5.74, 6) is 0.313. The first-order valence-electron chi connectivity index (χ1n) is 8.67. The van der Waals surface area contributed by atoms with E-state index in [1.807, 2.05) is 0 Å². The first kappa shape index (κ1) is 21.3. The monoisotopic (exact) mass is 420 g/mol. The standard InChI is InChI=1S/C10H13N5O5.C6H7N3O/c11-10-13-7-4(8(19)14-10)12-2-15(7)9-6(18)5(17)3(1-16)20-9;1-9(5-10)6-7-3-2-4-8-6/h2-3,5-6,9,16-18H,1H2,(H3,11,13,14,19);2-5H,1H3/t3-,5-,6-,9-;/m1./s1. The van der Waals surface area contributed by atoms with Gasteiger partial charge in [-0.15, -0.1) is 0 Å².